The molecule has 0 saturated carbocycles. The highest BCUT2D eigenvalue weighted by Gasteiger charge is 2.11. The van der Waals surface area contributed by atoms with Crippen molar-refractivity contribution in [1.29, 1.82) is 0 Å². The van der Waals surface area contributed by atoms with Crippen molar-refractivity contribution in [1.82, 2.24) is 10.3 Å². The van der Waals surface area contributed by atoms with Crippen LogP contribution >= 0.6 is 0 Å². The fourth-order valence-electron chi connectivity index (χ4n) is 1.63. The Bertz CT molecular complexity index is 344. The molecule has 14 heavy (non-hydrogen) atoms. The fourth-order valence-corrected chi connectivity index (χ4v) is 1.63. The van der Waals surface area contributed by atoms with Crippen molar-refractivity contribution in [3.8, 4) is 0 Å². The maximum absolute atomic E-state index is 4.45. The molecule has 1 aromatic heterocycles. The van der Waals surface area contributed by atoms with Crippen LogP contribution in [0.1, 0.15) is 24.6 Å². The highest BCUT2D eigenvalue weighted by molar-refractivity contribution is 5.98. The van der Waals surface area contributed by atoms with Crippen LogP contribution < -0.4 is 5.32 Å². The second kappa shape index (κ2) is 4.22. The van der Waals surface area contributed by atoms with Crippen LogP contribution in [0.2, 0.25) is 0 Å². The minimum Gasteiger partial charge on any atom is -0.368 e. The van der Waals surface area contributed by atoms with Gasteiger partial charge in [0.15, 0.2) is 0 Å². The van der Waals surface area contributed by atoms with Gasteiger partial charge in [-0.3, -0.25) is 9.98 Å². The minimum atomic E-state index is 0.919. The summed E-state index contributed by atoms with van der Waals surface area (Å²) >= 11 is 0. The van der Waals surface area contributed by atoms with Gasteiger partial charge in [0, 0.05) is 19.3 Å². The van der Waals surface area contributed by atoms with Gasteiger partial charge in [0.05, 0.1) is 0 Å². The molecule has 0 amide bonds. The maximum Gasteiger partial charge on any atom is 0.147 e. The molecule has 0 saturated heterocycles. The second-order valence-electron chi connectivity index (χ2n) is 3.38. The van der Waals surface area contributed by atoms with E-state index in [0.29, 0.717) is 0 Å². The van der Waals surface area contributed by atoms with E-state index in [1.54, 1.807) is 0 Å². The smallest absolute Gasteiger partial charge is 0.147 e. The predicted octanol–water partition coefficient (Wildman–Crippen LogP) is 1.38. The van der Waals surface area contributed by atoms with Gasteiger partial charge >= 0.3 is 0 Å². The molecular formula is C11H15N3. The average Bonchev–Trinajstić information content (AvgIpc) is 2.30. The molecule has 0 bridgehead atoms. The summed E-state index contributed by atoms with van der Waals surface area (Å²) in [7, 11) is 0. The number of nitrogens with one attached hydrogen (secondary N) is 1. The van der Waals surface area contributed by atoms with E-state index in [-0.39, 0.29) is 0 Å². The lowest BCUT2D eigenvalue weighted by atomic mass is 10.1. The molecular weight excluding hydrogens is 174 g/mol. The molecule has 0 aliphatic carbocycles. The molecule has 1 aromatic rings. The number of amidine groups is 1. The lowest BCUT2D eigenvalue weighted by Crippen LogP contribution is -2.31. The normalized spacial score (nSPS) is 15.9. The lowest BCUT2D eigenvalue weighted by molar-refractivity contribution is 0.739. The zero-order valence-corrected chi connectivity index (χ0v) is 8.45. The largest absolute Gasteiger partial charge is 0.368 e. The van der Waals surface area contributed by atoms with Crippen molar-refractivity contribution >= 4 is 5.84 Å². The summed E-state index contributed by atoms with van der Waals surface area (Å²) in [6, 6.07) is 4.09. The number of aliphatic imine (C=N–C) groups is 1. The average molecular weight is 189 g/mol. The van der Waals surface area contributed by atoms with Crippen LogP contribution in [0.5, 0.6) is 0 Å². The first kappa shape index (κ1) is 9.19. The Morgan fingerprint density at radius 1 is 1.50 bits per heavy atom. The van der Waals surface area contributed by atoms with E-state index in [9.17, 15) is 0 Å². The van der Waals surface area contributed by atoms with Gasteiger partial charge in [-0.1, -0.05) is 13.0 Å². The summed E-state index contributed by atoms with van der Waals surface area (Å²) in [5.41, 5.74) is 2.29. The zero-order chi connectivity index (χ0) is 9.80. The maximum atomic E-state index is 4.45. The monoisotopic (exact) mass is 189 g/mol. The van der Waals surface area contributed by atoms with E-state index in [0.717, 1.165) is 37.5 Å². The lowest BCUT2D eigenvalue weighted by Gasteiger charge is -2.15. The van der Waals surface area contributed by atoms with Gasteiger partial charge in [0.1, 0.15) is 11.5 Å². The molecule has 1 N–H and O–H groups in total. The molecule has 2 rings (SSSR count). The summed E-state index contributed by atoms with van der Waals surface area (Å²) in [5, 5.41) is 3.30. The number of aromatic nitrogens is 1. The molecule has 0 atom stereocenters. The van der Waals surface area contributed by atoms with E-state index in [1.807, 2.05) is 12.3 Å². The number of pyridine rings is 1. The van der Waals surface area contributed by atoms with Gasteiger partial charge in [-0.25, -0.2) is 0 Å². The third-order valence-electron chi connectivity index (χ3n) is 2.39. The van der Waals surface area contributed by atoms with Crippen molar-refractivity contribution < 1.29 is 0 Å². The standard InChI is InChI=1S/C11H15N3/c1-2-9-5-3-6-12-10(9)11-13-7-4-8-14-11/h3,5-6H,2,4,7-8H2,1H3,(H,13,14). The van der Waals surface area contributed by atoms with Gasteiger partial charge in [-0.15, -0.1) is 0 Å². The van der Waals surface area contributed by atoms with Crippen molar-refractivity contribution in [3.63, 3.8) is 0 Å². The van der Waals surface area contributed by atoms with Crippen LogP contribution in [0.4, 0.5) is 0 Å². The Labute approximate surface area is 84.3 Å². The first-order chi connectivity index (χ1) is 6.92. The highest BCUT2D eigenvalue weighted by Crippen LogP contribution is 2.08. The van der Waals surface area contributed by atoms with Crippen LogP contribution in [-0.2, 0) is 6.42 Å². The molecule has 0 spiro atoms. The van der Waals surface area contributed by atoms with Gasteiger partial charge in [0.25, 0.3) is 0 Å². The van der Waals surface area contributed by atoms with E-state index >= 15 is 0 Å². The zero-order valence-electron chi connectivity index (χ0n) is 8.45. The van der Waals surface area contributed by atoms with Crippen molar-refractivity contribution in [2.24, 2.45) is 4.99 Å². The van der Waals surface area contributed by atoms with Crippen LogP contribution in [0, 0.1) is 0 Å². The van der Waals surface area contributed by atoms with Gasteiger partial charge in [-0.2, -0.15) is 0 Å². The van der Waals surface area contributed by atoms with Crippen molar-refractivity contribution in [2.75, 3.05) is 13.1 Å². The Morgan fingerprint density at radius 2 is 2.43 bits per heavy atom. The van der Waals surface area contributed by atoms with Gasteiger partial charge < -0.3 is 5.32 Å². The molecule has 1 aliphatic rings. The summed E-state index contributed by atoms with van der Waals surface area (Å²) in [5.74, 6) is 0.966. The SMILES string of the molecule is CCc1cccnc1C1=NCCCN1. The van der Waals surface area contributed by atoms with Gasteiger partial charge in [-0.05, 0) is 24.5 Å². The molecule has 3 nitrogen and oxygen atoms in total. The molecule has 74 valence electrons. The molecule has 0 aromatic carbocycles. The van der Waals surface area contributed by atoms with Crippen LogP contribution in [0.15, 0.2) is 23.3 Å². The van der Waals surface area contributed by atoms with E-state index in [4.69, 9.17) is 0 Å². The van der Waals surface area contributed by atoms with E-state index < -0.39 is 0 Å². The Hall–Kier alpha value is -1.38. The summed E-state index contributed by atoms with van der Waals surface area (Å²) in [4.78, 5) is 8.83. The Kier molecular flexibility index (Phi) is 2.77. The summed E-state index contributed by atoms with van der Waals surface area (Å²) in [6.07, 6.45) is 3.95. The Balaban J connectivity index is 2.34. The first-order valence-electron chi connectivity index (χ1n) is 5.14. The van der Waals surface area contributed by atoms with Crippen LogP contribution in [0.25, 0.3) is 0 Å². The van der Waals surface area contributed by atoms with E-state index in [1.165, 1.54) is 5.56 Å². The number of rotatable bonds is 2. The molecule has 0 unspecified atom stereocenters. The van der Waals surface area contributed by atoms with Crippen molar-refractivity contribution in [3.05, 3.63) is 29.6 Å². The first-order valence-corrected chi connectivity index (χ1v) is 5.14. The van der Waals surface area contributed by atoms with Crippen molar-refractivity contribution in [2.45, 2.75) is 19.8 Å². The molecule has 1 aliphatic heterocycles. The van der Waals surface area contributed by atoms with Crippen LogP contribution in [0.3, 0.4) is 0 Å². The highest BCUT2D eigenvalue weighted by atomic mass is 15.0. The fraction of sp³-hybridized carbons (Fsp3) is 0.455. The number of hydrogen-bond donors (Lipinski definition) is 1. The number of aryl methyl sites for hydroxylation is 1. The van der Waals surface area contributed by atoms with Crippen LogP contribution in [-0.4, -0.2) is 23.9 Å². The second-order valence-corrected chi connectivity index (χ2v) is 3.38. The Morgan fingerprint density at radius 3 is 3.14 bits per heavy atom. The molecule has 0 radical (unpaired) electrons. The topological polar surface area (TPSA) is 37.3 Å². The summed E-state index contributed by atoms with van der Waals surface area (Å²) < 4.78 is 0. The summed E-state index contributed by atoms with van der Waals surface area (Å²) in [6.45, 7) is 4.07. The molecule has 3 heteroatoms. The third-order valence-corrected chi connectivity index (χ3v) is 2.39. The minimum absolute atomic E-state index is 0.919. The number of nitrogens with zero attached hydrogens (tertiary/aromatic N) is 2. The third kappa shape index (κ3) is 1.76. The molecule has 0 fully saturated rings. The molecule has 2 heterocycles. The van der Waals surface area contributed by atoms with Gasteiger partial charge in [0.2, 0.25) is 0 Å². The van der Waals surface area contributed by atoms with E-state index in [2.05, 4.69) is 28.3 Å². The number of hydrogen-bond acceptors (Lipinski definition) is 3. The quantitative estimate of drug-likeness (QED) is 0.763. The predicted molar refractivity (Wildman–Crippen MR) is 57.6 cm³/mol.